The lowest BCUT2D eigenvalue weighted by atomic mass is 9.93. The summed E-state index contributed by atoms with van der Waals surface area (Å²) in [6, 6.07) is 16.8. The highest BCUT2D eigenvalue weighted by Crippen LogP contribution is 2.29. The maximum absolute atomic E-state index is 6.04. The van der Waals surface area contributed by atoms with Gasteiger partial charge in [0.2, 0.25) is 0 Å². The fourth-order valence-electron chi connectivity index (χ4n) is 2.03. The van der Waals surface area contributed by atoms with E-state index in [2.05, 4.69) is 50.2 Å². The van der Waals surface area contributed by atoms with Crippen LogP contribution in [0, 0.1) is 0 Å². The predicted molar refractivity (Wildman–Crippen MR) is 75.0 cm³/mol. The lowest BCUT2D eigenvalue weighted by Crippen LogP contribution is -1.98. The quantitative estimate of drug-likeness (QED) is 0.767. The average Bonchev–Trinajstić information content (AvgIpc) is 2.39. The Bertz CT molecular complexity index is 488. The van der Waals surface area contributed by atoms with E-state index in [1.165, 1.54) is 16.7 Å². The van der Waals surface area contributed by atoms with Gasteiger partial charge in [-0.3, -0.25) is 0 Å². The van der Waals surface area contributed by atoms with Crippen LogP contribution >= 0.6 is 0 Å². The number of nitrogens with two attached hydrogens (primary N) is 1. The van der Waals surface area contributed by atoms with Crippen LogP contribution in [-0.2, 0) is 0 Å². The topological polar surface area (TPSA) is 26.0 Å². The summed E-state index contributed by atoms with van der Waals surface area (Å²) in [7, 11) is 0. The molecule has 0 aliphatic heterocycles. The molecule has 0 bridgehead atoms. The first kappa shape index (κ1) is 11.7. The Morgan fingerprint density at radius 1 is 1.00 bits per heavy atom. The van der Waals surface area contributed by atoms with Gasteiger partial charge in [0.15, 0.2) is 0 Å². The fourth-order valence-corrected chi connectivity index (χ4v) is 2.03. The summed E-state index contributed by atoms with van der Waals surface area (Å²) < 4.78 is 0. The highest BCUT2D eigenvalue weighted by atomic mass is 14.6. The van der Waals surface area contributed by atoms with E-state index in [1.807, 2.05) is 12.1 Å². The van der Waals surface area contributed by atoms with Crippen molar-refractivity contribution in [3.8, 4) is 11.1 Å². The molecule has 0 amide bonds. The summed E-state index contributed by atoms with van der Waals surface area (Å²) in [5.41, 5.74) is 10.7. The Labute approximate surface area is 103 Å². The zero-order valence-electron chi connectivity index (χ0n) is 10.5. The minimum absolute atomic E-state index is 0.513. The van der Waals surface area contributed by atoms with Crippen LogP contribution in [0.1, 0.15) is 31.7 Å². The highest BCUT2D eigenvalue weighted by Gasteiger charge is 2.08. The van der Waals surface area contributed by atoms with Crippen LogP contribution < -0.4 is 5.73 Å². The molecule has 1 nitrogen and oxygen atoms in total. The minimum Gasteiger partial charge on any atom is -0.398 e. The van der Waals surface area contributed by atoms with Crippen LogP contribution in [0.25, 0.3) is 11.1 Å². The molecule has 2 rings (SSSR count). The lowest BCUT2D eigenvalue weighted by Gasteiger charge is -2.14. The smallest absolute Gasteiger partial charge is 0.0349 e. The number of hydrogen-bond acceptors (Lipinski definition) is 1. The van der Waals surface area contributed by atoms with Crippen LogP contribution in [0.2, 0.25) is 0 Å². The van der Waals surface area contributed by atoms with E-state index in [1.54, 1.807) is 0 Å². The van der Waals surface area contributed by atoms with Gasteiger partial charge in [-0.1, -0.05) is 50.2 Å². The average molecular weight is 225 g/mol. The summed E-state index contributed by atoms with van der Waals surface area (Å²) in [5.74, 6) is 0.513. The first-order valence-corrected chi connectivity index (χ1v) is 6.17. The standard InChI is InChI=1S/C16H19N/c1-3-12(2)15-11-14(9-10-16(15)17)13-7-5-4-6-8-13/h4-12H,3,17H2,1-2H3. The van der Waals surface area contributed by atoms with Crippen molar-refractivity contribution in [2.75, 3.05) is 5.73 Å². The van der Waals surface area contributed by atoms with Gasteiger partial charge in [-0.05, 0) is 41.2 Å². The monoisotopic (exact) mass is 225 g/mol. The molecule has 0 saturated heterocycles. The molecule has 2 aromatic carbocycles. The van der Waals surface area contributed by atoms with Crippen LogP contribution in [0.15, 0.2) is 48.5 Å². The van der Waals surface area contributed by atoms with E-state index in [0.717, 1.165) is 12.1 Å². The molecule has 2 aromatic rings. The fraction of sp³-hybridized carbons (Fsp3) is 0.250. The Morgan fingerprint density at radius 3 is 2.35 bits per heavy atom. The molecule has 0 aromatic heterocycles. The van der Waals surface area contributed by atoms with Crippen molar-refractivity contribution in [1.29, 1.82) is 0 Å². The normalized spacial score (nSPS) is 12.4. The van der Waals surface area contributed by atoms with E-state index in [9.17, 15) is 0 Å². The van der Waals surface area contributed by atoms with Crippen molar-refractivity contribution >= 4 is 5.69 Å². The van der Waals surface area contributed by atoms with E-state index in [-0.39, 0.29) is 0 Å². The van der Waals surface area contributed by atoms with Crippen molar-refractivity contribution in [2.24, 2.45) is 0 Å². The Kier molecular flexibility index (Phi) is 3.48. The van der Waals surface area contributed by atoms with Crippen molar-refractivity contribution in [2.45, 2.75) is 26.2 Å². The molecule has 0 aliphatic carbocycles. The molecule has 2 N–H and O–H groups in total. The lowest BCUT2D eigenvalue weighted by molar-refractivity contribution is 0.736. The van der Waals surface area contributed by atoms with Crippen LogP contribution in [0.3, 0.4) is 0 Å². The van der Waals surface area contributed by atoms with Crippen molar-refractivity contribution < 1.29 is 0 Å². The van der Waals surface area contributed by atoms with E-state index in [4.69, 9.17) is 5.73 Å². The van der Waals surface area contributed by atoms with Gasteiger partial charge in [-0.2, -0.15) is 0 Å². The number of nitrogen functional groups attached to an aromatic ring is 1. The molecular weight excluding hydrogens is 206 g/mol. The molecule has 0 aliphatic rings. The molecule has 0 heterocycles. The second-order valence-electron chi connectivity index (χ2n) is 4.52. The Hall–Kier alpha value is -1.76. The first-order valence-electron chi connectivity index (χ1n) is 6.17. The van der Waals surface area contributed by atoms with Crippen LogP contribution in [0.5, 0.6) is 0 Å². The van der Waals surface area contributed by atoms with Gasteiger partial charge in [0, 0.05) is 5.69 Å². The molecule has 88 valence electrons. The summed E-state index contributed by atoms with van der Waals surface area (Å²) in [5, 5.41) is 0. The molecule has 0 radical (unpaired) electrons. The molecular formula is C16H19N. The highest BCUT2D eigenvalue weighted by molar-refractivity contribution is 5.68. The molecule has 1 unspecified atom stereocenters. The third-order valence-corrected chi connectivity index (χ3v) is 3.34. The zero-order chi connectivity index (χ0) is 12.3. The van der Waals surface area contributed by atoms with E-state index < -0.39 is 0 Å². The van der Waals surface area contributed by atoms with Gasteiger partial charge < -0.3 is 5.73 Å². The Balaban J connectivity index is 2.44. The van der Waals surface area contributed by atoms with E-state index in [0.29, 0.717) is 5.92 Å². The zero-order valence-corrected chi connectivity index (χ0v) is 10.5. The van der Waals surface area contributed by atoms with E-state index >= 15 is 0 Å². The van der Waals surface area contributed by atoms with Gasteiger partial charge >= 0.3 is 0 Å². The molecule has 0 saturated carbocycles. The van der Waals surface area contributed by atoms with Crippen LogP contribution in [0.4, 0.5) is 5.69 Å². The Morgan fingerprint density at radius 2 is 1.71 bits per heavy atom. The number of anilines is 1. The van der Waals surface area contributed by atoms with Gasteiger partial charge in [0.1, 0.15) is 0 Å². The van der Waals surface area contributed by atoms with Crippen LogP contribution in [-0.4, -0.2) is 0 Å². The van der Waals surface area contributed by atoms with Crippen molar-refractivity contribution in [3.63, 3.8) is 0 Å². The summed E-state index contributed by atoms with van der Waals surface area (Å²) in [6.07, 6.45) is 1.11. The molecule has 17 heavy (non-hydrogen) atoms. The van der Waals surface area contributed by atoms with Crippen molar-refractivity contribution in [3.05, 3.63) is 54.1 Å². The second kappa shape index (κ2) is 5.05. The summed E-state index contributed by atoms with van der Waals surface area (Å²) in [4.78, 5) is 0. The number of benzene rings is 2. The maximum Gasteiger partial charge on any atom is 0.0349 e. The minimum atomic E-state index is 0.513. The first-order chi connectivity index (χ1) is 8.22. The van der Waals surface area contributed by atoms with Gasteiger partial charge in [0.05, 0.1) is 0 Å². The molecule has 0 spiro atoms. The third kappa shape index (κ3) is 2.50. The number of rotatable bonds is 3. The summed E-state index contributed by atoms with van der Waals surface area (Å²) >= 11 is 0. The van der Waals surface area contributed by atoms with Gasteiger partial charge in [-0.15, -0.1) is 0 Å². The maximum atomic E-state index is 6.04. The largest absolute Gasteiger partial charge is 0.398 e. The van der Waals surface area contributed by atoms with Gasteiger partial charge in [0.25, 0.3) is 0 Å². The predicted octanol–water partition coefficient (Wildman–Crippen LogP) is 4.45. The second-order valence-corrected chi connectivity index (χ2v) is 4.52. The number of hydrogen-bond donors (Lipinski definition) is 1. The summed E-state index contributed by atoms with van der Waals surface area (Å²) in [6.45, 7) is 4.42. The van der Waals surface area contributed by atoms with Crippen molar-refractivity contribution in [1.82, 2.24) is 0 Å². The van der Waals surface area contributed by atoms with Gasteiger partial charge in [-0.25, -0.2) is 0 Å². The molecule has 1 heteroatoms. The molecule has 1 atom stereocenters. The molecule has 0 fully saturated rings. The SMILES string of the molecule is CCC(C)c1cc(-c2ccccc2)ccc1N. The third-order valence-electron chi connectivity index (χ3n) is 3.34.